The largest absolute Gasteiger partial charge is 0.375 e. The molecule has 0 aliphatic heterocycles. The molecule has 0 aromatic carbocycles. The topological polar surface area (TPSA) is 48.1 Å². The zero-order chi connectivity index (χ0) is 10.6. The predicted molar refractivity (Wildman–Crippen MR) is 59.4 cm³/mol. The molecule has 0 bridgehead atoms. The van der Waals surface area contributed by atoms with Gasteiger partial charge in [0.05, 0.1) is 12.3 Å². The van der Waals surface area contributed by atoms with Crippen LogP contribution < -0.4 is 5.73 Å². The first kappa shape index (κ1) is 11.6. The minimum absolute atomic E-state index is 0.184. The van der Waals surface area contributed by atoms with Crippen LogP contribution in [0.3, 0.4) is 0 Å². The molecule has 0 aliphatic carbocycles. The molecule has 1 aromatic heterocycles. The Hall–Kier alpha value is -0.450. The molecule has 0 saturated heterocycles. The molecule has 4 heteroatoms. The zero-order valence-electron chi connectivity index (χ0n) is 9.04. The molecular formula is C10H18N2OS. The van der Waals surface area contributed by atoms with Gasteiger partial charge in [-0.3, -0.25) is 0 Å². The van der Waals surface area contributed by atoms with E-state index in [1.165, 1.54) is 0 Å². The summed E-state index contributed by atoms with van der Waals surface area (Å²) in [6.45, 7) is 7.35. The van der Waals surface area contributed by atoms with Crippen molar-refractivity contribution < 1.29 is 4.74 Å². The number of nitrogens with zero attached hydrogens (tertiary/aromatic N) is 1. The van der Waals surface area contributed by atoms with E-state index in [2.05, 4.69) is 10.4 Å². The summed E-state index contributed by atoms with van der Waals surface area (Å²) in [5.41, 5.74) is 6.79. The first-order valence-electron chi connectivity index (χ1n) is 4.81. The van der Waals surface area contributed by atoms with Gasteiger partial charge in [-0.15, -0.1) is 11.3 Å². The van der Waals surface area contributed by atoms with E-state index in [9.17, 15) is 0 Å². The standard InChI is InChI=1S/C10H18N2OS/c1-4-13-6-9-12-8(7-14-9)5-10(2,3)11/h7H,4-6,11H2,1-3H3. The number of hydrogen-bond acceptors (Lipinski definition) is 4. The first-order chi connectivity index (χ1) is 6.51. The monoisotopic (exact) mass is 214 g/mol. The average Bonchev–Trinajstić information content (AvgIpc) is 2.46. The Bertz CT molecular complexity index is 278. The molecule has 14 heavy (non-hydrogen) atoms. The molecule has 0 fully saturated rings. The summed E-state index contributed by atoms with van der Waals surface area (Å²) in [4.78, 5) is 4.45. The van der Waals surface area contributed by atoms with E-state index < -0.39 is 0 Å². The van der Waals surface area contributed by atoms with E-state index in [4.69, 9.17) is 10.5 Å². The number of hydrogen-bond donors (Lipinski definition) is 1. The van der Waals surface area contributed by atoms with Crippen molar-refractivity contribution in [3.8, 4) is 0 Å². The lowest BCUT2D eigenvalue weighted by molar-refractivity contribution is 0.133. The van der Waals surface area contributed by atoms with Crippen LogP contribution in [0.25, 0.3) is 0 Å². The fourth-order valence-electron chi connectivity index (χ4n) is 1.15. The molecule has 0 amide bonds. The minimum atomic E-state index is -0.184. The van der Waals surface area contributed by atoms with E-state index >= 15 is 0 Å². The maximum Gasteiger partial charge on any atom is 0.119 e. The predicted octanol–water partition coefficient (Wildman–Crippen LogP) is 1.96. The van der Waals surface area contributed by atoms with Gasteiger partial charge in [0.25, 0.3) is 0 Å². The molecule has 2 N–H and O–H groups in total. The van der Waals surface area contributed by atoms with Crippen molar-refractivity contribution in [3.63, 3.8) is 0 Å². The fraction of sp³-hybridized carbons (Fsp3) is 0.700. The SMILES string of the molecule is CCOCc1nc(CC(C)(C)N)cs1. The highest BCUT2D eigenvalue weighted by Crippen LogP contribution is 2.15. The zero-order valence-corrected chi connectivity index (χ0v) is 9.86. The van der Waals surface area contributed by atoms with Gasteiger partial charge in [-0.2, -0.15) is 0 Å². The van der Waals surface area contributed by atoms with Crippen molar-refractivity contribution in [1.82, 2.24) is 4.98 Å². The Labute approximate surface area is 89.3 Å². The average molecular weight is 214 g/mol. The van der Waals surface area contributed by atoms with E-state index in [-0.39, 0.29) is 5.54 Å². The van der Waals surface area contributed by atoms with E-state index in [1.807, 2.05) is 20.8 Å². The number of aromatic nitrogens is 1. The highest BCUT2D eigenvalue weighted by molar-refractivity contribution is 7.09. The van der Waals surface area contributed by atoms with Crippen LogP contribution in [-0.2, 0) is 17.8 Å². The second kappa shape index (κ2) is 4.87. The molecule has 0 aliphatic rings. The van der Waals surface area contributed by atoms with Gasteiger partial charge >= 0.3 is 0 Å². The van der Waals surface area contributed by atoms with Crippen LogP contribution in [0.1, 0.15) is 31.5 Å². The second-order valence-corrected chi connectivity index (χ2v) is 4.98. The molecule has 3 nitrogen and oxygen atoms in total. The van der Waals surface area contributed by atoms with Crippen LogP contribution in [0.4, 0.5) is 0 Å². The molecule has 0 saturated carbocycles. The summed E-state index contributed by atoms with van der Waals surface area (Å²) in [6, 6.07) is 0. The normalized spacial score (nSPS) is 12.0. The molecule has 1 aromatic rings. The van der Waals surface area contributed by atoms with Crippen molar-refractivity contribution >= 4 is 11.3 Å². The van der Waals surface area contributed by atoms with Crippen molar-refractivity contribution in [3.05, 3.63) is 16.1 Å². The summed E-state index contributed by atoms with van der Waals surface area (Å²) in [6.07, 6.45) is 0.815. The maximum atomic E-state index is 5.91. The van der Waals surface area contributed by atoms with Gasteiger partial charge < -0.3 is 10.5 Å². The van der Waals surface area contributed by atoms with Crippen molar-refractivity contribution in [2.75, 3.05) is 6.61 Å². The molecule has 0 spiro atoms. The summed E-state index contributed by atoms with van der Waals surface area (Å²) in [7, 11) is 0. The Kier molecular flexibility index (Phi) is 4.04. The number of thiazole rings is 1. The van der Waals surface area contributed by atoms with E-state index in [0.717, 1.165) is 23.7 Å². The highest BCUT2D eigenvalue weighted by atomic mass is 32.1. The van der Waals surface area contributed by atoms with Gasteiger partial charge in [-0.1, -0.05) is 0 Å². The number of nitrogens with two attached hydrogens (primary N) is 1. The van der Waals surface area contributed by atoms with Crippen molar-refractivity contribution in [1.29, 1.82) is 0 Å². The maximum absolute atomic E-state index is 5.91. The quantitative estimate of drug-likeness (QED) is 0.815. The Morgan fingerprint density at radius 3 is 2.86 bits per heavy atom. The first-order valence-corrected chi connectivity index (χ1v) is 5.69. The van der Waals surface area contributed by atoms with Gasteiger partial charge in [0.15, 0.2) is 0 Å². The lowest BCUT2D eigenvalue weighted by atomic mass is 10.0. The van der Waals surface area contributed by atoms with Crippen LogP contribution in [0.15, 0.2) is 5.38 Å². The lowest BCUT2D eigenvalue weighted by Crippen LogP contribution is -2.34. The molecule has 0 radical (unpaired) electrons. The van der Waals surface area contributed by atoms with Crippen molar-refractivity contribution in [2.45, 2.75) is 39.3 Å². The summed E-state index contributed by atoms with van der Waals surface area (Å²) < 4.78 is 5.28. The van der Waals surface area contributed by atoms with Crippen LogP contribution in [0.5, 0.6) is 0 Å². The smallest absolute Gasteiger partial charge is 0.119 e. The summed E-state index contributed by atoms with van der Waals surface area (Å²) >= 11 is 1.64. The third-order valence-electron chi connectivity index (χ3n) is 1.67. The van der Waals surface area contributed by atoms with Gasteiger partial charge in [0.2, 0.25) is 0 Å². The molecule has 1 rings (SSSR count). The van der Waals surface area contributed by atoms with Gasteiger partial charge in [0, 0.05) is 23.9 Å². The van der Waals surface area contributed by atoms with Gasteiger partial charge in [0.1, 0.15) is 5.01 Å². The molecule has 0 atom stereocenters. The lowest BCUT2D eigenvalue weighted by Gasteiger charge is -2.16. The number of ether oxygens (including phenoxy) is 1. The Balaban J connectivity index is 2.51. The van der Waals surface area contributed by atoms with E-state index in [1.54, 1.807) is 11.3 Å². The summed E-state index contributed by atoms with van der Waals surface area (Å²) in [5, 5.41) is 3.09. The van der Waals surface area contributed by atoms with Crippen LogP contribution >= 0.6 is 11.3 Å². The molecule has 80 valence electrons. The fourth-order valence-corrected chi connectivity index (χ4v) is 1.88. The van der Waals surface area contributed by atoms with Crippen LogP contribution in [-0.4, -0.2) is 17.1 Å². The molecule has 1 heterocycles. The third-order valence-corrected chi connectivity index (χ3v) is 2.54. The Morgan fingerprint density at radius 2 is 2.29 bits per heavy atom. The minimum Gasteiger partial charge on any atom is -0.375 e. The van der Waals surface area contributed by atoms with Gasteiger partial charge in [-0.05, 0) is 20.8 Å². The molecule has 0 unspecified atom stereocenters. The number of rotatable bonds is 5. The summed E-state index contributed by atoms with van der Waals surface area (Å²) in [5.74, 6) is 0. The second-order valence-electron chi connectivity index (χ2n) is 4.04. The third kappa shape index (κ3) is 4.17. The van der Waals surface area contributed by atoms with Gasteiger partial charge in [-0.25, -0.2) is 4.98 Å². The highest BCUT2D eigenvalue weighted by Gasteiger charge is 2.13. The van der Waals surface area contributed by atoms with Crippen molar-refractivity contribution in [2.24, 2.45) is 5.73 Å². The molecular weight excluding hydrogens is 196 g/mol. The Morgan fingerprint density at radius 1 is 1.57 bits per heavy atom. The van der Waals surface area contributed by atoms with Crippen LogP contribution in [0, 0.1) is 0 Å². The van der Waals surface area contributed by atoms with Crippen LogP contribution in [0.2, 0.25) is 0 Å². The van der Waals surface area contributed by atoms with E-state index in [0.29, 0.717) is 6.61 Å².